The fourth-order valence-corrected chi connectivity index (χ4v) is 2.15. The van der Waals surface area contributed by atoms with Crippen molar-refractivity contribution in [3.8, 4) is 0 Å². The van der Waals surface area contributed by atoms with Crippen LogP contribution in [0.3, 0.4) is 0 Å². The molecule has 0 saturated carbocycles. The van der Waals surface area contributed by atoms with Crippen LogP contribution in [0.15, 0.2) is 42.5 Å². The molecule has 0 bridgehead atoms. The van der Waals surface area contributed by atoms with E-state index in [1.165, 1.54) is 18.4 Å². The van der Waals surface area contributed by atoms with Crippen molar-refractivity contribution in [2.45, 2.75) is 26.2 Å². The van der Waals surface area contributed by atoms with E-state index in [1.807, 2.05) is 18.2 Å². The Hall–Kier alpha value is -2.49. The lowest BCUT2D eigenvalue weighted by Gasteiger charge is -2.10. The van der Waals surface area contributed by atoms with Crippen LogP contribution in [0.2, 0.25) is 0 Å². The largest absolute Gasteiger partial charge is 0.398 e. The highest BCUT2D eigenvalue weighted by Crippen LogP contribution is 2.22. The molecule has 0 heterocycles. The number of hydrogen-bond acceptors (Lipinski definition) is 3. The Morgan fingerprint density at radius 2 is 1.76 bits per heavy atom. The molecule has 0 aliphatic carbocycles. The summed E-state index contributed by atoms with van der Waals surface area (Å²) in [6.07, 6.45) is 3.50. The van der Waals surface area contributed by atoms with Crippen molar-refractivity contribution in [1.82, 2.24) is 0 Å². The van der Waals surface area contributed by atoms with Gasteiger partial charge in [0.05, 0.1) is 5.56 Å². The second-order valence-corrected chi connectivity index (χ2v) is 5.09. The van der Waals surface area contributed by atoms with Gasteiger partial charge in [-0.25, -0.2) is 0 Å². The Kier molecular flexibility index (Phi) is 4.82. The fourth-order valence-electron chi connectivity index (χ4n) is 2.15. The van der Waals surface area contributed by atoms with Crippen LogP contribution in [0, 0.1) is 0 Å². The standard InChI is InChI=1S/C17H21N3O/c1-2-3-4-12-5-7-13(8-6-12)20-14-9-10-16(18)15(11-14)17(19)21/h5-11,20H,2-4,18H2,1H3,(H2,19,21). The number of benzene rings is 2. The third-order valence-corrected chi connectivity index (χ3v) is 3.38. The number of anilines is 3. The maximum atomic E-state index is 11.3. The normalized spacial score (nSPS) is 10.3. The molecule has 0 aliphatic rings. The first-order chi connectivity index (χ1) is 10.1. The molecule has 0 saturated heterocycles. The van der Waals surface area contributed by atoms with E-state index in [2.05, 4.69) is 24.4 Å². The number of carbonyl (C=O) groups is 1. The van der Waals surface area contributed by atoms with Crippen LogP contribution in [0.4, 0.5) is 17.1 Å². The fraction of sp³-hybridized carbons (Fsp3) is 0.235. The van der Waals surface area contributed by atoms with Crippen molar-refractivity contribution in [1.29, 1.82) is 0 Å². The highest BCUT2D eigenvalue weighted by atomic mass is 16.1. The number of carbonyl (C=O) groups excluding carboxylic acids is 1. The summed E-state index contributed by atoms with van der Waals surface area (Å²) in [6.45, 7) is 2.19. The summed E-state index contributed by atoms with van der Waals surface area (Å²) >= 11 is 0. The number of aryl methyl sites for hydroxylation is 1. The van der Waals surface area contributed by atoms with Gasteiger partial charge < -0.3 is 16.8 Å². The Labute approximate surface area is 125 Å². The van der Waals surface area contributed by atoms with Crippen molar-refractivity contribution in [2.24, 2.45) is 5.73 Å². The first-order valence-electron chi connectivity index (χ1n) is 7.15. The van der Waals surface area contributed by atoms with Crippen molar-refractivity contribution in [3.05, 3.63) is 53.6 Å². The number of primary amides is 1. The van der Waals surface area contributed by atoms with Crippen molar-refractivity contribution < 1.29 is 4.79 Å². The van der Waals surface area contributed by atoms with E-state index < -0.39 is 5.91 Å². The predicted octanol–water partition coefficient (Wildman–Crippen LogP) is 3.45. The topological polar surface area (TPSA) is 81.1 Å². The molecule has 0 fully saturated rings. The van der Waals surface area contributed by atoms with Crippen LogP contribution < -0.4 is 16.8 Å². The molecule has 0 aromatic heterocycles. The Balaban J connectivity index is 2.11. The van der Waals surface area contributed by atoms with Gasteiger partial charge in [-0.2, -0.15) is 0 Å². The molecule has 0 unspecified atom stereocenters. The van der Waals surface area contributed by atoms with Gasteiger partial charge in [0.2, 0.25) is 0 Å². The summed E-state index contributed by atoms with van der Waals surface area (Å²) in [5.41, 5.74) is 14.8. The number of nitrogens with one attached hydrogen (secondary N) is 1. The molecule has 4 heteroatoms. The molecule has 1 amide bonds. The second-order valence-electron chi connectivity index (χ2n) is 5.09. The van der Waals surface area contributed by atoms with Gasteiger partial charge in [-0.3, -0.25) is 4.79 Å². The molecule has 0 radical (unpaired) electrons. The van der Waals surface area contributed by atoms with E-state index in [-0.39, 0.29) is 0 Å². The van der Waals surface area contributed by atoms with Crippen LogP contribution >= 0.6 is 0 Å². The van der Waals surface area contributed by atoms with Gasteiger partial charge in [0.25, 0.3) is 5.91 Å². The molecule has 2 aromatic rings. The van der Waals surface area contributed by atoms with Gasteiger partial charge in [0.1, 0.15) is 0 Å². The Morgan fingerprint density at radius 1 is 1.10 bits per heavy atom. The molecular formula is C17H21N3O. The molecule has 21 heavy (non-hydrogen) atoms. The second kappa shape index (κ2) is 6.79. The van der Waals surface area contributed by atoms with E-state index >= 15 is 0 Å². The zero-order chi connectivity index (χ0) is 15.2. The summed E-state index contributed by atoms with van der Waals surface area (Å²) in [7, 11) is 0. The number of unbranched alkanes of at least 4 members (excludes halogenated alkanes) is 1. The zero-order valence-corrected chi connectivity index (χ0v) is 12.2. The Bertz CT molecular complexity index is 620. The summed E-state index contributed by atoms with van der Waals surface area (Å²) in [6, 6.07) is 13.5. The molecule has 0 atom stereocenters. The van der Waals surface area contributed by atoms with Crippen molar-refractivity contribution in [3.63, 3.8) is 0 Å². The minimum absolute atomic E-state index is 0.333. The average molecular weight is 283 g/mol. The SMILES string of the molecule is CCCCc1ccc(Nc2ccc(N)c(C(N)=O)c2)cc1. The van der Waals surface area contributed by atoms with Crippen molar-refractivity contribution >= 4 is 23.0 Å². The maximum Gasteiger partial charge on any atom is 0.250 e. The Morgan fingerprint density at radius 3 is 2.38 bits per heavy atom. The van der Waals surface area contributed by atoms with Crippen molar-refractivity contribution in [2.75, 3.05) is 11.1 Å². The molecule has 0 spiro atoms. The summed E-state index contributed by atoms with van der Waals surface area (Å²) < 4.78 is 0. The smallest absolute Gasteiger partial charge is 0.250 e. The number of amides is 1. The molecular weight excluding hydrogens is 262 g/mol. The maximum absolute atomic E-state index is 11.3. The van der Waals surface area contributed by atoms with E-state index in [4.69, 9.17) is 11.5 Å². The number of nitrogens with two attached hydrogens (primary N) is 2. The van der Waals surface area contributed by atoms with Crippen LogP contribution in [0.5, 0.6) is 0 Å². The van der Waals surface area contributed by atoms with Crippen LogP contribution in [-0.2, 0) is 6.42 Å². The van der Waals surface area contributed by atoms with Crippen LogP contribution in [0.25, 0.3) is 0 Å². The molecule has 0 aliphatic heterocycles. The minimum atomic E-state index is -0.522. The first-order valence-corrected chi connectivity index (χ1v) is 7.15. The lowest BCUT2D eigenvalue weighted by molar-refractivity contribution is 0.100. The lowest BCUT2D eigenvalue weighted by Crippen LogP contribution is -2.13. The summed E-state index contributed by atoms with van der Waals surface area (Å²) in [4.78, 5) is 11.3. The monoisotopic (exact) mass is 283 g/mol. The summed E-state index contributed by atoms with van der Waals surface area (Å²) in [5, 5.41) is 3.25. The van der Waals surface area contributed by atoms with Gasteiger partial charge in [-0.15, -0.1) is 0 Å². The van der Waals surface area contributed by atoms with Gasteiger partial charge in [-0.05, 0) is 48.7 Å². The van der Waals surface area contributed by atoms with Gasteiger partial charge in [0, 0.05) is 17.1 Å². The predicted molar refractivity (Wildman–Crippen MR) is 87.7 cm³/mol. The number of nitrogen functional groups attached to an aromatic ring is 1. The molecule has 110 valence electrons. The molecule has 2 rings (SSSR count). The third kappa shape index (κ3) is 3.99. The highest BCUT2D eigenvalue weighted by Gasteiger charge is 2.06. The number of rotatable bonds is 6. The number of hydrogen-bond donors (Lipinski definition) is 3. The summed E-state index contributed by atoms with van der Waals surface area (Å²) in [5.74, 6) is -0.522. The third-order valence-electron chi connectivity index (χ3n) is 3.38. The molecule has 4 nitrogen and oxygen atoms in total. The molecule has 2 aromatic carbocycles. The first kappa shape index (κ1) is 14.9. The zero-order valence-electron chi connectivity index (χ0n) is 12.2. The quantitative estimate of drug-likeness (QED) is 0.710. The lowest BCUT2D eigenvalue weighted by atomic mass is 10.1. The van der Waals surface area contributed by atoms with Gasteiger partial charge in [-0.1, -0.05) is 25.5 Å². The minimum Gasteiger partial charge on any atom is -0.398 e. The van der Waals surface area contributed by atoms with Gasteiger partial charge >= 0.3 is 0 Å². The van der Waals surface area contributed by atoms with Gasteiger partial charge in [0.15, 0.2) is 0 Å². The van der Waals surface area contributed by atoms with E-state index in [0.29, 0.717) is 11.3 Å². The highest BCUT2D eigenvalue weighted by molar-refractivity contribution is 5.99. The van der Waals surface area contributed by atoms with E-state index in [0.717, 1.165) is 17.8 Å². The van der Waals surface area contributed by atoms with E-state index in [1.54, 1.807) is 12.1 Å². The van der Waals surface area contributed by atoms with E-state index in [9.17, 15) is 4.79 Å². The van der Waals surface area contributed by atoms with Crippen LogP contribution in [-0.4, -0.2) is 5.91 Å². The average Bonchev–Trinajstić information content (AvgIpc) is 2.48. The van der Waals surface area contributed by atoms with Crippen LogP contribution in [0.1, 0.15) is 35.7 Å². The molecule has 5 N–H and O–H groups in total.